The van der Waals surface area contributed by atoms with Crippen molar-refractivity contribution in [2.75, 3.05) is 0 Å². The van der Waals surface area contributed by atoms with Crippen LogP contribution < -0.4 is 0 Å². The smallest absolute Gasteiger partial charge is 0.306 e. The molecule has 7 heteroatoms. The van der Waals surface area contributed by atoms with E-state index < -0.39 is 11.9 Å². The van der Waals surface area contributed by atoms with E-state index in [4.69, 9.17) is 23.2 Å². The topological polar surface area (TPSA) is 67.3 Å². The summed E-state index contributed by atoms with van der Waals surface area (Å²) in [6, 6.07) is 5.17. The number of Topliss-reactive ketones (excluding diaryl/α,β-unsaturated/α-hetero) is 1. The van der Waals surface area contributed by atoms with Gasteiger partial charge in [-0.1, -0.05) is 37.0 Å². The average molecular weight is 400 g/mol. The fourth-order valence-corrected chi connectivity index (χ4v) is 3.98. The summed E-state index contributed by atoms with van der Waals surface area (Å²) >= 11 is 13.5. The van der Waals surface area contributed by atoms with E-state index in [1.54, 1.807) is 23.6 Å². The minimum absolute atomic E-state index is 0.0298. The number of thiazole rings is 1. The van der Waals surface area contributed by atoms with Gasteiger partial charge in [0.25, 0.3) is 0 Å². The van der Waals surface area contributed by atoms with Gasteiger partial charge in [0.05, 0.1) is 16.6 Å². The molecular weight excluding hydrogens is 381 g/mol. The fourth-order valence-electron chi connectivity index (χ4n) is 2.56. The van der Waals surface area contributed by atoms with Crippen LogP contribution in [0.1, 0.15) is 32.4 Å². The highest BCUT2D eigenvalue weighted by Crippen LogP contribution is 2.32. The van der Waals surface area contributed by atoms with Gasteiger partial charge in [0.1, 0.15) is 10.8 Å². The van der Waals surface area contributed by atoms with Crippen LogP contribution in [0.5, 0.6) is 0 Å². The van der Waals surface area contributed by atoms with E-state index in [2.05, 4.69) is 4.98 Å². The zero-order valence-corrected chi connectivity index (χ0v) is 16.3. The number of aromatic nitrogens is 1. The number of hydrogen-bond donors (Lipinski definition) is 1. The predicted octanol–water partition coefficient (Wildman–Crippen LogP) is 5.37. The number of carbonyl (C=O) groups excluding carboxylic acids is 1. The zero-order chi connectivity index (χ0) is 18.6. The number of nitrogens with zero attached hydrogens (tertiary/aromatic N) is 1. The number of aliphatic carboxylic acids is 1. The molecule has 0 fully saturated rings. The second kappa shape index (κ2) is 8.79. The first kappa shape index (κ1) is 19.9. The molecule has 0 unspecified atom stereocenters. The van der Waals surface area contributed by atoms with Gasteiger partial charge in [-0.25, -0.2) is 4.98 Å². The molecule has 1 aromatic carbocycles. The predicted molar refractivity (Wildman–Crippen MR) is 101 cm³/mol. The van der Waals surface area contributed by atoms with E-state index >= 15 is 0 Å². The van der Waals surface area contributed by atoms with Gasteiger partial charge in [-0.05, 0) is 30.5 Å². The number of halogens is 2. The van der Waals surface area contributed by atoms with Gasteiger partial charge in [0, 0.05) is 28.8 Å². The van der Waals surface area contributed by atoms with Crippen LogP contribution >= 0.6 is 34.5 Å². The molecule has 0 saturated heterocycles. The van der Waals surface area contributed by atoms with Crippen molar-refractivity contribution in [3.05, 3.63) is 39.3 Å². The summed E-state index contributed by atoms with van der Waals surface area (Å²) in [6.45, 7) is 3.89. The van der Waals surface area contributed by atoms with Crippen LogP contribution in [0.2, 0.25) is 10.0 Å². The number of hydrogen-bond acceptors (Lipinski definition) is 4. The molecule has 1 N–H and O–H groups in total. The molecule has 4 nitrogen and oxygen atoms in total. The maximum atomic E-state index is 12.2. The molecule has 25 heavy (non-hydrogen) atoms. The van der Waals surface area contributed by atoms with Gasteiger partial charge < -0.3 is 5.11 Å². The van der Waals surface area contributed by atoms with Crippen molar-refractivity contribution in [2.45, 2.75) is 33.1 Å². The SMILES string of the molecule is CC(C)C[C@@H](CC(=O)Cc1csc(-c2ccc(Cl)cc2Cl)n1)C(=O)O. The van der Waals surface area contributed by atoms with Gasteiger partial charge in [0.15, 0.2) is 0 Å². The molecule has 0 saturated carbocycles. The molecule has 0 radical (unpaired) electrons. The van der Waals surface area contributed by atoms with Crippen LogP contribution in [0, 0.1) is 11.8 Å². The molecule has 1 heterocycles. The Kier molecular flexibility index (Phi) is 6.99. The standard InChI is InChI=1S/C18H19Cl2NO3S/c1-10(2)5-11(18(23)24)6-14(22)8-13-9-25-17(21-13)15-4-3-12(19)7-16(15)20/h3-4,7,9-11H,5-6,8H2,1-2H3,(H,23,24)/t11-/m0/s1. The molecule has 1 atom stereocenters. The summed E-state index contributed by atoms with van der Waals surface area (Å²) in [6.07, 6.45) is 0.648. The molecule has 2 rings (SSSR count). The van der Waals surface area contributed by atoms with Gasteiger partial charge in [-0.15, -0.1) is 11.3 Å². The number of ketones is 1. The van der Waals surface area contributed by atoms with Crippen molar-refractivity contribution < 1.29 is 14.7 Å². The molecule has 0 bridgehead atoms. The lowest BCUT2D eigenvalue weighted by molar-refractivity contribution is -0.144. The molecule has 0 spiro atoms. The second-order valence-corrected chi connectivity index (χ2v) is 8.05. The Morgan fingerprint density at radius 1 is 1.28 bits per heavy atom. The lowest BCUT2D eigenvalue weighted by atomic mass is 9.91. The Hall–Kier alpha value is -1.43. The summed E-state index contributed by atoms with van der Waals surface area (Å²) in [5.74, 6) is -1.45. The summed E-state index contributed by atoms with van der Waals surface area (Å²) in [7, 11) is 0. The molecule has 0 aliphatic carbocycles. The number of carboxylic acid groups (broad SMARTS) is 1. The third-order valence-electron chi connectivity index (χ3n) is 3.67. The average Bonchev–Trinajstić information content (AvgIpc) is 2.94. The van der Waals surface area contributed by atoms with E-state index in [0.717, 1.165) is 5.56 Å². The number of carboxylic acids is 1. The first-order valence-electron chi connectivity index (χ1n) is 7.90. The highest BCUT2D eigenvalue weighted by molar-refractivity contribution is 7.13. The van der Waals surface area contributed by atoms with Crippen molar-refractivity contribution in [2.24, 2.45) is 11.8 Å². The van der Waals surface area contributed by atoms with E-state index in [-0.39, 0.29) is 24.5 Å². The van der Waals surface area contributed by atoms with Crippen molar-refractivity contribution in [1.29, 1.82) is 0 Å². The summed E-state index contributed by atoms with van der Waals surface area (Å²) in [4.78, 5) is 28.0. The minimum atomic E-state index is -0.922. The third kappa shape index (κ3) is 5.80. The molecule has 1 aromatic heterocycles. The summed E-state index contributed by atoms with van der Waals surface area (Å²) in [5, 5.41) is 12.8. The van der Waals surface area contributed by atoms with Crippen molar-refractivity contribution in [1.82, 2.24) is 4.98 Å². The lowest BCUT2D eigenvalue weighted by Gasteiger charge is -2.13. The van der Waals surface area contributed by atoms with Gasteiger partial charge >= 0.3 is 5.97 Å². The van der Waals surface area contributed by atoms with E-state index in [1.807, 2.05) is 13.8 Å². The maximum absolute atomic E-state index is 12.2. The van der Waals surface area contributed by atoms with E-state index in [9.17, 15) is 14.7 Å². The molecule has 2 aromatic rings. The van der Waals surface area contributed by atoms with Gasteiger partial charge in [-0.3, -0.25) is 9.59 Å². The van der Waals surface area contributed by atoms with E-state index in [0.29, 0.717) is 27.2 Å². The number of carbonyl (C=O) groups is 2. The lowest BCUT2D eigenvalue weighted by Crippen LogP contribution is -2.20. The fraction of sp³-hybridized carbons (Fsp3) is 0.389. The highest BCUT2D eigenvalue weighted by atomic mass is 35.5. The quantitative estimate of drug-likeness (QED) is 0.647. The normalized spacial score (nSPS) is 12.4. The Morgan fingerprint density at radius 2 is 2.00 bits per heavy atom. The molecular formula is C18H19Cl2NO3S. The number of rotatable bonds is 8. The van der Waals surface area contributed by atoms with Crippen LogP contribution in [0.25, 0.3) is 10.6 Å². The Labute approximate surface area is 160 Å². The van der Waals surface area contributed by atoms with E-state index in [1.165, 1.54) is 11.3 Å². The van der Waals surface area contributed by atoms with Gasteiger partial charge in [-0.2, -0.15) is 0 Å². The molecule has 0 aliphatic heterocycles. The summed E-state index contributed by atoms with van der Waals surface area (Å²) < 4.78 is 0. The largest absolute Gasteiger partial charge is 0.481 e. The maximum Gasteiger partial charge on any atom is 0.306 e. The first-order chi connectivity index (χ1) is 11.8. The minimum Gasteiger partial charge on any atom is -0.481 e. The molecule has 134 valence electrons. The van der Waals surface area contributed by atoms with Crippen LogP contribution in [0.15, 0.2) is 23.6 Å². The van der Waals surface area contributed by atoms with Crippen LogP contribution in [0.3, 0.4) is 0 Å². The monoisotopic (exact) mass is 399 g/mol. The Balaban J connectivity index is 2.05. The van der Waals surface area contributed by atoms with Gasteiger partial charge in [0.2, 0.25) is 0 Å². The number of benzene rings is 1. The van der Waals surface area contributed by atoms with Crippen molar-refractivity contribution in [3.63, 3.8) is 0 Å². The molecule has 0 aliphatic rings. The van der Waals surface area contributed by atoms with Crippen molar-refractivity contribution in [3.8, 4) is 10.6 Å². The Morgan fingerprint density at radius 3 is 2.60 bits per heavy atom. The van der Waals surface area contributed by atoms with Crippen molar-refractivity contribution >= 4 is 46.3 Å². The first-order valence-corrected chi connectivity index (χ1v) is 9.54. The zero-order valence-electron chi connectivity index (χ0n) is 14.0. The van der Waals surface area contributed by atoms with Crippen LogP contribution in [0.4, 0.5) is 0 Å². The van der Waals surface area contributed by atoms with Crippen LogP contribution in [-0.4, -0.2) is 21.8 Å². The highest BCUT2D eigenvalue weighted by Gasteiger charge is 2.23. The summed E-state index contributed by atoms with van der Waals surface area (Å²) in [5.41, 5.74) is 1.39. The van der Waals surface area contributed by atoms with Crippen LogP contribution in [-0.2, 0) is 16.0 Å². The second-order valence-electron chi connectivity index (χ2n) is 6.35. The third-order valence-corrected chi connectivity index (χ3v) is 5.14. The Bertz CT molecular complexity index is 773. The molecule has 0 amide bonds.